The van der Waals surface area contributed by atoms with E-state index in [1.54, 1.807) is 6.07 Å². The lowest BCUT2D eigenvalue weighted by Gasteiger charge is -2.43. The molecular weight excluding hydrogens is 640 g/mol. The molecule has 1 saturated heterocycles. The van der Waals surface area contributed by atoms with Gasteiger partial charge in [-0.15, -0.1) is 0 Å². The van der Waals surface area contributed by atoms with Crippen LogP contribution in [-0.2, 0) is 47.7 Å². The Kier molecular flexibility index (Phi) is 10.9. The van der Waals surface area contributed by atoms with Crippen molar-refractivity contribution >= 4 is 40.8 Å². The molecule has 1 N–H and O–H groups in total. The SMILES string of the molecule is COc1ccc(-c2cc(=O)c3c(O)cc(O[C@@H]4O[C@H](COC(C)=O)[C@@H](OC(C)=O)[C@H](OC(C)=O)[C@H]4OC(C)=O)cc3o2)cc1OC(C)=O. The smallest absolute Gasteiger partial charge is 0.308 e. The van der Waals surface area contributed by atoms with Gasteiger partial charge in [-0.05, 0) is 18.2 Å². The monoisotopic (exact) mass is 672 g/mol. The quantitative estimate of drug-likeness (QED) is 0.186. The maximum atomic E-state index is 13.1. The zero-order valence-electron chi connectivity index (χ0n) is 26.6. The van der Waals surface area contributed by atoms with Gasteiger partial charge >= 0.3 is 29.8 Å². The van der Waals surface area contributed by atoms with Gasteiger partial charge in [-0.25, -0.2) is 0 Å². The van der Waals surface area contributed by atoms with E-state index >= 15 is 0 Å². The summed E-state index contributed by atoms with van der Waals surface area (Å²) in [4.78, 5) is 72.6. The number of phenolic OH excluding ortho intramolecular Hbond substituents is 1. The summed E-state index contributed by atoms with van der Waals surface area (Å²) in [5.41, 5.74) is -0.466. The summed E-state index contributed by atoms with van der Waals surface area (Å²) >= 11 is 0. The van der Waals surface area contributed by atoms with Crippen molar-refractivity contribution in [3.8, 4) is 34.3 Å². The molecular formula is C32H32O16. The minimum atomic E-state index is -1.62. The number of phenols is 1. The van der Waals surface area contributed by atoms with E-state index in [0.717, 1.165) is 39.8 Å². The maximum Gasteiger partial charge on any atom is 0.308 e. The number of benzene rings is 2. The number of fused-ring (bicyclic) bond motifs is 1. The summed E-state index contributed by atoms with van der Waals surface area (Å²) in [6.07, 6.45) is -7.39. The summed E-state index contributed by atoms with van der Waals surface area (Å²) in [7, 11) is 1.38. The summed E-state index contributed by atoms with van der Waals surface area (Å²) in [6.45, 7) is 5.07. The fourth-order valence-electron chi connectivity index (χ4n) is 4.94. The van der Waals surface area contributed by atoms with Crippen LogP contribution in [0.1, 0.15) is 34.6 Å². The molecule has 1 aliphatic heterocycles. The molecule has 16 heteroatoms. The van der Waals surface area contributed by atoms with Gasteiger partial charge in [0.1, 0.15) is 40.9 Å². The topological polar surface area (TPSA) is 210 Å². The first kappa shape index (κ1) is 35.2. The molecule has 4 rings (SSSR count). The number of rotatable bonds is 10. The molecule has 1 aliphatic rings. The second kappa shape index (κ2) is 14.8. The summed E-state index contributed by atoms with van der Waals surface area (Å²) in [5, 5.41) is 10.6. The van der Waals surface area contributed by atoms with Crippen molar-refractivity contribution < 1.29 is 71.4 Å². The van der Waals surface area contributed by atoms with E-state index < -0.39 is 78.3 Å². The Balaban J connectivity index is 1.78. The molecule has 1 aromatic heterocycles. The van der Waals surface area contributed by atoms with Gasteiger partial charge in [0.25, 0.3) is 0 Å². The first-order chi connectivity index (χ1) is 22.7. The van der Waals surface area contributed by atoms with Crippen molar-refractivity contribution in [2.75, 3.05) is 13.7 Å². The van der Waals surface area contributed by atoms with E-state index in [9.17, 15) is 33.9 Å². The zero-order valence-corrected chi connectivity index (χ0v) is 26.6. The Morgan fingerprint density at radius 2 is 1.42 bits per heavy atom. The van der Waals surface area contributed by atoms with Crippen LogP contribution in [0, 0.1) is 0 Å². The summed E-state index contributed by atoms with van der Waals surface area (Å²) in [6, 6.07) is 7.90. The van der Waals surface area contributed by atoms with E-state index in [-0.39, 0.29) is 34.0 Å². The van der Waals surface area contributed by atoms with Crippen LogP contribution in [0.5, 0.6) is 23.0 Å². The van der Waals surface area contributed by atoms with Crippen molar-refractivity contribution in [2.45, 2.75) is 65.3 Å². The molecule has 256 valence electrons. The number of carbonyl (C=O) groups excluding carboxylic acids is 5. The number of aromatic hydroxyl groups is 1. The highest BCUT2D eigenvalue weighted by atomic mass is 16.7. The number of methoxy groups -OCH3 is 1. The van der Waals surface area contributed by atoms with Crippen LogP contribution in [0.25, 0.3) is 22.3 Å². The van der Waals surface area contributed by atoms with Gasteiger partial charge in [-0.1, -0.05) is 0 Å². The molecule has 0 saturated carbocycles. The van der Waals surface area contributed by atoms with Crippen LogP contribution < -0.4 is 19.6 Å². The molecule has 0 radical (unpaired) electrons. The van der Waals surface area contributed by atoms with Gasteiger partial charge in [-0.2, -0.15) is 0 Å². The molecule has 5 atom stereocenters. The number of ether oxygens (including phenoxy) is 8. The average molecular weight is 673 g/mol. The maximum absolute atomic E-state index is 13.1. The molecule has 16 nitrogen and oxygen atoms in total. The molecule has 2 heterocycles. The third kappa shape index (κ3) is 8.38. The first-order valence-corrected chi connectivity index (χ1v) is 14.3. The third-order valence-corrected chi connectivity index (χ3v) is 6.69. The molecule has 2 aromatic carbocycles. The second-order valence-electron chi connectivity index (χ2n) is 10.4. The number of esters is 5. The molecule has 0 aliphatic carbocycles. The van der Waals surface area contributed by atoms with Crippen molar-refractivity contribution in [2.24, 2.45) is 0 Å². The minimum absolute atomic E-state index is 0.0207. The standard InChI is InChI=1S/C32H32O16/c1-14(33)41-13-27-29(43-16(3)35)30(44-17(4)36)31(45-18(5)37)32(48-27)46-20-10-21(38)28-22(39)12-24(47-26(28)11-20)19-7-8-23(40-6)25(9-19)42-15(2)34/h7-12,27,29-32,38H,13H2,1-6H3/t27-,29-,30+,31-,32-/m1/s1. The fraction of sp³-hybridized carbons (Fsp3) is 0.375. The lowest BCUT2D eigenvalue weighted by Crippen LogP contribution is -2.63. The van der Waals surface area contributed by atoms with E-state index in [2.05, 4.69) is 0 Å². The molecule has 3 aromatic rings. The number of hydrogen-bond donors (Lipinski definition) is 1. The Morgan fingerprint density at radius 1 is 0.771 bits per heavy atom. The molecule has 0 unspecified atom stereocenters. The lowest BCUT2D eigenvalue weighted by molar-refractivity contribution is -0.288. The molecule has 1 fully saturated rings. The van der Waals surface area contributed by atoms with Gasteiger partial charge in [0.05, 0.1) is 7.11 Å². The third-order valence-electron chi connectivity index (χ3n) is 6.69. The molecule has 0 spiro atoms. The Labute approximate surface area is 272 Å². The van der Waals surface area contributed by atoms with E-state index in [4.69, 9.17) is 42.3 Å². The fourth-order valence-corrected chi connectivity index (χ4v) is 4.94. The van der Waals surface area contributed by atoms with Crippen LogP contribution in [0.3, 0.4) is 0 Å². The van der Waals surface area contributed by atoms with Gasteiger partial charge in [0, 0.05) is 58.4 Å². The van der Waals surface area contributed by atoms with E-state index in [1.165, 1.54) is 32.2 Å². The largest absolute Gasteiger partial charge is 0.507 e. The van der Waals surface area contributed by atoms with Crippen LogP contribution in [0.4, 0.5) is 0 Å². The van der Waals surface area contributed by atoms with E-state index in [1.807, 2.05) is 0 Å². The Bertz CT molecular complexity index is 1790. The zero-order chi connectivity index (χ0) is 35.3. The van der Waals surface area contributed by atoms with Crippen molar-refractivity contribution in [1.29, 1.82) is 0 Å². The van der Waals surface area contributed by atoms with Gasteiger partial charge < -0.3 is 47.4 Å². The highest BCUT2D eigenvalue weighted by molar-refractivity contribution is 5.86. The highest BCUT2D eigenvalue weighted by Gasteiger charge is 2.53. The number of hydrogen-bond acceptors (Lipinski definition) is 16. The Hall–Kier alpha value is -5.64. The minimum Gasteiger partial charge on any atom is -0.507 e. The van der Waals surface area contributed by atoms with Crippen LogP contribution >= 0.6 is 0 Å². The van der Waals surface area contributed by atoms with Gasteiger partial charge in [0.2, 0.25) is 12.4 Å². The first-order valence-electron chi connectivity index (χ1n) is 14.3. The summed E-state index contributed by atoms with van der Waals surface area (Å²) in [5.74, 6) is -4.20. The van der Waals surface area contributed by atoms with Crippen molar-refractivity contribution in [3.63, 3.8) is 0 Å². The number of carbonyl (C=O) groups is 5. The van der Waals surface area contributed by atoms with Crippen molar-refractivity contribution in [1.82, 2.24) is 0 Å². The molecule has 0 bridgehead atoms. The second-order valence-corrected chi connectivity index (χ2v) is 10.4. The predicted octanol–water partition coefficient (Wildman–Crippen LogP) is 2.56. The van der Waals surface area contributed by atoms with Crippen LogP contribution in [0.15, 0.2) is 45.6 Å². The van der Waals surface area contributed by atoms with Crippen LogP contribution in [0.2, 0.25) is 0 Å². The van der Waals surface area contributed by atoms with Gasteiger partial charge in [-0.3, -0.25) is 28.8 Å². The highest BCUT2D eigenvalue weighted by Crippen LogP contribution is 2.37. The van der Waals surface area contributed by atoms with Gasteiger partial charge in [0.15, 0.2) is 29.1 Å². The van der Waals surface area contributed by atoms with Crippen LogP contribution in [-0.4, -0.2) is 79.4 Å². The molecule has 48 heavy (non-hydrogen) atoms. The predicted molar refractivity (Wildman–Crippen MR) is 160 cm³/mol. The van der Waals surface area contributed by atoms with E-state index in [0.29, 0.717) is 5.56 Å². The Morgan fingerprint density at radius 3 is 2.02 bits per heavy atom. The molecule has 0 amide bonds. The normalized spacial score (nSPS) is 20.2. The average Bonchev–Trinajstić information content (AvgIpc) is 2.97. The van der Waals surface area contributed by atoms with Crippen molar-refractivity contribution in [3.05, 3.63) is 46.6 Å². The lowest BCUT2D eigenvalue weighted by atomic mass is 9.98. The summed E-state index contributed by atoms with van der Waals surface area (Å²) < 4.78 is 49.5.